The number of aromatic nitrogens is 2. The molecule has 61 heavy (non-hydrogen) atoms. The summed E-state index contributed by atoms with van der Waals surface area (Å²) < 4.78 is 98.6. The number of anilines is 1. The number of alkyl carbamates (subject to hydrolysis) is 1. The number of hydrogen-bond donors (Lipinski definition) is 3. The SMILES string of the molecule is COc1ccc2c(O[C@@H]3C[C@H]4C(=O)N[C@]5(C(=O)NS(=O)(=O)C6(CF)CC6)C[C@H]5/C=C\CC[C@@H](C)C[C@@H](C)[C@H](NC(=O)OC(C)(C)C(F)(F)F)C(=O)N4C3)nc(N(C)C)nc2c1. The van der Waals surface area contributed by atoms with Crippen LogP contribution in [0.3, 0.4) is 0 Å². The van der Waals surface area contributed by atoms with Crippen LogP contribution in [-0.2, 0) is 29.1 Å². The fourth-order valence-corrected chi connectivity index (χ4v) is 9.27. The minimum absolute atomic E-state index is 0.00110. The summed E-state index contributed by atoms with van der Waals surface area (Å²) in [6.07, 6.45) is -2.66. The Balaban J connectivity index is 1.38. The summed E-state index contributed by atoms with van der Waals surface area (Å²) in [6.45, 7) is 3.43. The zero-order valence-corrected chi connectivity index (χ0v) is 35.9. The first kappa shape index (κ1) is 45.6. The van der Waals surface area contributed by atoms with E-state index in [2.05, 4.69) is 20.6 Å². The quantitative estimate of drug-likeness (QED) is 0.226. The summed E-state index contributed by atoms with van der Waals surface area (Å²) >= 11 is 0. The van der Waals surface area contributed by atoms with Gasteiger partial charge in [0, 0.05) is 32.5 Å². The number of benzene rings is 1. The van der Waals surface area contributed by atoms with E-state index in [1.165, 1.54) is 7.11 Å². The van der Waals surface area contributed by atoms with Crippen LogP contribution in [-0.4, -0.2) is 122 Å². The number of halogens is 4. The van der Waals surface area contributed by atoms with Gasteiger partial charge in [-0.05, 0) is 76.3 Å². The van der Waals surface area contributed by atoms with Crippen molar-refractivity contribution < 1.29 is 59.4 Å². The van der Waals surface area contributed by atoms with E-state index in [1.807, 2.05) is 11.6 Å². The number of carbonyl (C=O) groups excluding carboxylic acids is 4. The minimum atomic E-state index is -4.94. The number of fused-ring (bicyclic) bond motifs is 3. The zero-order valence-electron chi connectivity index (χ0n) is 35.1. The van der Waals surface area contributed by atoms with E-state index in [0.717, 1.165) is 4.90 Å². The Morgan fingerprint density at radius 3 is 2.43 bits per heavy atom. The first-order valence-electron chi connectivity index (χ1n) is 20.1. The van der Waals surface area contributed by atoms with Gasteiger partial charge in [0.25, 0.3) is 5.91 Å². The van der Waals surface area contributed by atoms with Crippen LogP contribution in [0.5, 0.6) is 11.6 Å². The van der Waals surface area contributed by atoms with E-state index in [-0.39, 0.29) is 50.0 Å². The second-order valence-electron chi connectivity index (χ2n) is 17.5. The Kier molecular flexibility index (Phi) is 12.5. The van der Waals surface area contributed by atoms with E-state index in [4.69, 9.17) is 14.2 Å². The average molecular weight is 884 g/mol. The van der Waals surface area contributed by atoms with Crippen LogP contribution >= 0.6 is 0 Å². The van der Waals surface area contributed by atoms with Crippen molar-refractivity contribution in [3.63, 3.8) is 0 Å². The number of rotatable bonds is 10. The van der Waals surface area contributed by atoms with Gasteiger partial charge in [-0.3, -0.25) is 19.1 Å². The lowest BCUT2D eigenvalue weighted by Crippen LogP contribution is -2.60. The fraction of sp³-hybridized carbons (Fsp3) is 0.650. The highest BCUT2D eigenvalue weighted by molar-refractivity contribution is 7.91. The van der Waals surface area contributed by atoms with Crippen molar-refractivity contribution in [1.82, 2.24) is 30.2 Å². The van der Waals surface area contributed by atoms with Crippen LogP contribution in [0.25, 0.3) is 10.9 Å². The molecule has 3 fully saturated rings. The van der Waals surface area contributed by atoms with Crippen molar-refractivity contribution in [1.29, 1.82) is 0 Å². The summed E-state index contributed by atoms with van der Waals surface area (Å²) in [4.78, 5) is 68.5. The van der Waals surface area contributed by atoms with Crippen molar-refractivity contribution >= 4 is 50.7 Å². The Morgan fingerprint density at radius 2 is 1.80 bits per heavy atom. The number of nitrogens with zero attached hydrogens (tertiary/aromatic N) is 4. The lowest BCUT2D eigenvalue weighted by atomic mass is 9.88. The predicted molar refractivity (Wildman–Crippen MR) is 214 cm³/mol. The van der Waals surface area contributed by atoms with Gasteiger partial charge in [-0.25, -0.2) is 22.6 Å². The number of methoxy groups -OCH3 is 1. The molecule has 16 nitrogen and oxygen atoms in total. The maximum atomic E-state index is 14.8. The van der Waals surface area contributed by atoms with E-state index < -0.39 is 92.6 Å². The third-order valence-corrected chi connectivity index (χ3v) is 14.2. The molecule has 0 unspecified atom stereocenters. The predicted octanol–water partition coefficient (Wildman–Crippen LogP) is 4.32. The van der Waals surface area contributed by atoms with Gasteiger partial charge in [0.1, 0.15) is 40.9 Å². The molecule has 2 aliphatic heterocycles. The smallest absolute Gasteiger partial charge is 0.427 e. The Morgan fingerprint density at radius 1 is 1.10 bits per heavy atom. The molecule has 1 saturated heterocycles. The van der Waals surface area contributed by atoms with Crippen LogP contribution in [0.15, 0.2) is 30.4 Å². The van der Waals surface area contributed by atoms with Gasteiger partial charge in [-0.15, -0.1) is 0 Å². The molecule has 1 aromatic heterocycles. The molecule has 3 heterocycles. The summed E-state index contributed by atoms with van der Waals surface area (Å²) in [7, 11) is 0.453. The zero-order chi connectivity index (χ0) is 44.9. The van der Waals surface area contributed by atoms with Crippen molar-refractivity contribution in [2.45, 2.75) is 113 Å². The molecule has 3 N–H and O–H groups in total. The molecular formula is C40H53F4N7O9S. The second kappa shape index (κ2) is 16.7. The third-order valence-electron chi connectivity index (χ3n) is 12.1. The molecule has 6 rings (SSSR count). The van der Waals surface area contributed by atoms with Crippen LogP contribution in [0, 0.1) is 17.8 Å². The van der Waals surface area contributed by atoms with Crippen molar-refractivity contribution in [3.05, 3.63) is 30.4 Å². The van der Waals surface area contributed by atoms with E-state index in [1.54, 1.807) is 56.3 Å². The number of ether oxygens (including phenoxy) is 3. The molecule has 4 aliphatic rings. The summed E-state index contributed by atoms with van der Waals surface area (Å²) in [5.74, 6) is -3.31. The normalized spacial score (nSPS) is 28.5. The highest BCUT2D eigenvalue weighted by Gasteiger charge is 2.64. The number of sulfonamides is 1. The van der Waals surface area contributed by atoms with Crippen LogP contribution in [0.1, 0.15) is 72.6 Å². The maximum absolute atomic E-state index is 14.8. The van der Waals surface area contributed by atoms with E-state index in [9.17, 15) is 45.2 Å². The number of hydrogen-bond acceptors (Lipinski definition) is 12. The molecule has 0 radical (unpaired) electrons. The molecule has 2 saturated carbocycles. The van der Waals surface area contributed by atoms with Crippen LogP contribution < -0.4 is 29.7 Å². The standard InChI is InChI=1S/C40H53F4N7O9S/c1-22-10-8-9-11-24-19-39(24,34(54)49-61(56,57)38(21-41)14-15-38)48-31(52)29-18-26(59-32-27-13-12-25(58-7)17-28(27)45-35(47-32)50(5)6)20-51(29)33(53)30(23(2)16-22)46-36(55)60-37(3,4)40(42,43)44/h9,11-13,17,22-24,26,29-30H,8,10,14-16,18-21H2,1-7H3,(H,46,55)(H,48,52)(H,49,54)/b11-9-/t22-,23-,24-,26-,29+,30+,39-/m1/s1. The van der Waals surface area contributed by atoms with Gasteiger partial charge in [0.15, 0.2) is 0 Å². The molecule has 2 aromatic rings. The van der Waals surface area contributed by atoms with Crippen molar-refractivity contribution in [2.75, 3.05) is 39.3 Å². The lowest BCUT2D eigenvalue weighted by molar-refractivity contribution is -0.244. The molecule has 4 amide bonds. The highest BCUT2D eigenvalue weighted by Crippen LogP contribution is 2.48. The number of alkyl halides is 4. The molecule has 2 aliphatic carbocycles. The second-order valence-corrected chi connectivity index (χ2v) is 19.5. The molecule has 0 bridgehead atoms. The van der Waals surface area contributed by atoms with E-state index >= 15 is 0 Å². The topological polar surface area (TPSA) is 198 Å². The van der Waals surface area contributed by atoms with Gasteiger partial charge >= 0.3 is 12.3 Å². The molecular weight excluding hydrogens is 831 g/mol. The number of allylic oxidation sites excluding steroid dienone is 1. The van der Waals surface area contributed by atoms with Gasteiger partial charge in [0.05, 0.1) is 24.6 Å². The fourth-order valence-electron chi connectivity index (χ4n) is 7.84. The van der Waals surface area contributed by atoms with Gasteiger partial charge in [-0.2, -0.15) is 18.2 Å². The van der Waals surface area contributed by atoms with Gasteiger partial charge < -0.3 is 34.6 Å². The number of amides is 4. The third kappa shape index (κ3) is 9.30. The minimum Gasteiger partial charge on any atom is -0.497 e. The van der Waals surface area contributed by atoms with Crippen molar-refractivity contribution in [3.8, 4) is 11.6 Å². The average Bonchev–Trinajstić information content (AvgIpc) is 4.08. The largest absolute Gasteiger partial charge is 0.497 e. The molecule has 1 aromatic carbocycles. The Bertz CT molecular complexity index is 2190. The van der Waals surface area contributed by atoms with E-state index in [0.29, 0.717) is 49.8 Å². The Hall–Kier alpha value is -4.95. The van der Waals surface area contributed by atoms with Gasteiger partial charge in [-0.1, -0.05) is 26.0 Å². The highest BCUT2D eigenvalue weighted by atomic mass is 32.2. The summed E-state index contributed by atoms with van der Waals surface area (Å²) in [5.41, 5.74) is -4.24. The number of nitrogens with one attached hydrogen (secondary N) is 3. The first-order chi connectivity index (χ1) is 28.5. The molecule has 21 heteroatoms. The summed E-state index contributed by atoms with van der Waals surface area (Å²) in [6, 6.07) is 2.12. The monoisotopic (exact) mass is 883 g/mol. The molecule has 0 spiro atoms. The van der Waals surface area contributed by atoms with Crippen molar-refractivity contribution in [2.24, 2.45) is 17.8 Å². The molecule has 7 atom stereocenters. The lowest BCUT2D eigenvalue weighted by Gasteiger charge is -2.34. The Labute approximate surface area is 351 Å². The van der Waals surface area contributed by atoms with Crippen LogP contribution in [0.2, 0.25) is 0 Å². The first-order valence-corrected chi connectivity index (χ1v) is 21.6. The van der Waals surface area contributed by atoms with Crippen LogP contribution in [0.4, 0.5) is 28.3 Å². The maximum Gasteiger partial charge on any atom is 0.427 e. The number of carbonyl (C=O) groups is 4. The molecule has 336 valence electrons. The van der Waals surface area contributed by atoms with Gasteiger partial charge in [0.2, 0.25) is 39.3 Å². The summed E-state index contributed by atoms with van der Waals surface area (Å²) in [5, 5.41) is 5.55.